The van der Waals surface area contributed by atoms with Crippen LogP contribution in [0.3, 0.4) is 0 Å². The van der Waals surface area contributed by atoms with Gasteiger partial charge in [0.15, 0.2) is 0 Å². The Hall–Kier alpha value is -1.96. The van der Waals surface area contributed by atoms with Crippen LogP contribution < -0.4 is 0 Å². The van der Waals surface area contributed by atoms with E-state index in [1.165, 1.54) is 17.8 Å². The lowest BCUT2D eigenvalue weighted by atomic mass is 10.2. The summed E-state index contributed by atoms with van der Waals surface area (Å²) in [5.41, 5.74) is 1.19. The van der Waals surface area contributed by atoms with E-state index in [-0.39, 0.29) is 11.3 Å². The molecule has 2 aromatic heterocycles. The Bertz CT molecular complexity index is 703. The molecule has 4 nitrogen and oxygen atoms in total. The maximum Gasteiger partial charge on any atom is 0.451 e. The van der Waals surface area contributed by atoms with Gasteiger partial charge in [-0.2, -0.15) is 13.2 Å². The lowest BCUT2D eigenvalue weighted by Gasteiger charge is -2.14. The van der Waals surface area contributed by atoms with E-state index in [2.05, 4.69) is 19.9 Å². The van der Waals surface area contributed by atoms with Crippen molar-refractivity contribution in [1.29, 1.82) is 0 Å². The minimum atomic E-state index is -4.55. The van der Waals surface area contributed by atoms with E-state index >= 15 is 0 Å². The lowest BCUT2D eigenvalue weighted by Crippen LogP contribution is -2.15. The molecule has 0 radical (unpaired) electrons. The van der Waals surface area contributed by atoms with Crippen molar-refractivity contribution in [2.45, 2.75) is 24.4 Å². The zero-order valence-corrected chi connectivity index (χ0v) is 12.3. The Morgan fingerprint density at radius 2 is 2.00 bits per heavy atom. The topological polar surface area (TPSA) is 51.0 Å². The Morgan fingerprint density at radius 3 is 2.68 bits per heavy atom. The third kappa shape index (κ3) is 2.96. The summed E-state index contributed by atoms with van der Waals surface area (Å²) in [6.45, 7) is 1.86. The molecule has 114 valence electrons. The second kappa shape index (κ2) is 5.68. The molecule has 1 aliphatic heterocycles. The number of nitrogens with zero attached hydrogens (tertiary/aromatic N) is 4. The summed E-state index contributed by atoms with van der Waals surface area (Å²) >= 11 is 1.40. The summed E-state index contributed by atoms with van der Waals surface area (Å²) in [6.07, 6.45) is -0.0667. The third-order valence-electron chi connectivity index (χ3n) is 3.13. The summed E-state index contributed by atoms with van der Waals surface area (Å²) in [5, 5.41) is 0.497. The zero-order chi connectivity index (χ0) is 15.7. The molecule has 1 aliphatic rings. The Kier molecular flexibility index (Phi) is 3.86. The first-order valence-corrected chi connectivity index (χ1v) is 7.38. The van der Waals surface area contributed by atoms with Crippen LogP contribution >= 0.6 is 11.8 Å². The van der Waals surface area contributed by atoms with Crippen molar-refractivity contribution < 1.29 is 13.2 Å². The highest BCUT2D eigenvalue weighted by molar-refractivity contribution is 8.14. The van der Waals surface area contributed by atoms with Crippen molar-refractivity contribution >= 4 is 16.8 Å². The van der Waals surface area contributed by atoms with E-state index in [4.69, 9.17) is 0 Å². The average Bonchev–Trinajstić information content (AvgIpc) is 2.89. The first-order chi connectivity index (χ1) is 10.4. The molecule has 0 saturated heterocycles. The number of thioether (sulfide) groups is 1. The van der Waals surface area contributed by atoms with Crippen molar-refractivity contribution in [3.05, 3.63) is 53.9 Å². The van der Waals surface area contributed by atoms with Crippen LogP contribution in [-0.2, 0) is 6.18 Å². The maximum atomic E-state index is 12.7. The fourth-order valence-electron chi connectivity index (χ4n) is 2.11. The molecule has 2 atom stereocenters. The molecule has 0 aromatic carbocycles. The zero-order valence-electron chi connectivity index (χ0n) is 11.4. The van der Waals surface area contributed by atoms with Gasteiger partial charge >= 0.3 is 6.18 Å². The van der Waals surface area contributed by atoms with Crippen molar-refractivity contribution in [3.8, 4) is 0 Å². The molecule has 8 heteroatoms. The minimum absolute atomic E-state index is 0.170. The van der Waals surface area contributed by atoms with E-state index in [1.54, 1.807) is 18.5 Å². The van der Waals surface area contributed by atoms with E-state index in [0.717, 1.165) is 16.8 Å². The highest BCUT2D eigenvalue weighted by Gasteiger charge is 2.37. The number of hydrogen-bond donors (Lipinski definition) is 0. The molecule has 0 spiro atoms. The predicted octanol–water partition coefficient (Wildman–Crippen LogP) is 3.51. The number of rotatable bonds is 2. The molecule has 0 saturated carbocycles. The molecule has 3 heterocycles. The number of halogens is 3. The number of alkyl halides is 3. The van der Waals surface area contributed by atoms with Crippen LogP contribution in [0.2, 0.25) is 0 Å². The van der Waals surface area contributed by atoms with Gasteiger partial charge in [-0.25, -0.2) is 9.97 Å². The molecule has 0 amide bonds. The third-order valence-corrected chi connectivity index (χ3v) is 4.58. The second-order valence-corrected chi connectivity index (χ2v) is 5.89. The van der Waals surface area contributed by atoms with Crippen LogP contribution in [0.15, 0.2) is 41.8 Å². The van der Waals surface area contributed by atoms with Crippen LogP contribution in [0, 0.1) is 0 Å². The Balaban J connectivity index is 1.86. The molecule has 0 fully saturated rings. The molecule has 0 bridgehead atoms. The summed E-state index contributed by atoms with van der Waals surface area (Å²) in [6, 6.07) is 5.00. The molecular weight excluding hydrogens is 313 g/mol. The van der Waals surface area contributed by atoms with Crippen LogP contribution in [0.5, 0.6) is 0 Å². The van der Waals surface area contributed by atoms with Crippen molar-refractivity contribution in [1.82, 2.24) is 15.0 Å². The van der Waals surface area contributed by atoms with E-state index in [1.807, 2.05) is 13.0 Å². The summed E-state index contributed by atoms with van der Waals surface area (Å²) < 4.78 is 38.2. The van der Waals surface area contributed by atoms with E-state index in [9.17, 15) is 13.2 Å². The van der Waals surface area contributed by atoms with E-state index < -0.39 is 12.0 Å². The summed E-state index contributed by atoms with van der Waals surface area (Å²) in [4.78, 5) is 15.5. The van der Waals surface area contributed by atoms with Crippen LogP contribution in [0.4, 0.5) is 13.2 Å². The highest BCUT2D eigenvalue weighted by atomic mass is 32.2. The number of aromatic nitrogens is 3. The molecule has 0 aliphatic carbocycles. The average molecular weight is 324 g/mol. The van der Waals surface area contributed by atoms with Gasteiger partial charge in [-0.3, -0.25) is 9.98 Å². The summed E-state index contributed by atoms with van der Waals surface area (Å²) in [5.74, 6) is -1.12. The molecule has 0 N–H and O–H groups in total. The number of pyridine rings is 1. The van der Waals surface area contributed by atoms with Crippen molar-refractivity contribution in [3.63, 3.8) is 0 Å². The Labute approximate surface area is 128 Å². The van der Waals surface area contributed by atoms with Gasteiger partial charge in [0.2, 0.25) is 5.82 Å². The first kappa shape index (κ1) is 15.0. The van der Waals surface area contributed by atoms with Gasteiger partial charge in [0.25, 0.3) is 0 Å². The van der Waals surface area contributed by atoms with Gasteiger partial charge in [0.1, 0.15) is 5.04 Å². The number of aliphatic imine (C=N–C) groups is 1. The van der Waals surface area contributed by atoms with Gasteiger partial charge in [0, 0.05) is 24.2 Å². The first-order valence-electron chi connectivity index (χ1n) is 6.50. The van der Waals surface area contributed by atoms with Crippen molar-refractivity contribution in [2.75, 3.05) is 0 Å². The molecule has 2 aromatic rings. The molecule has 22 heavy (non-hydrogen) atoms. The van der Waals surface area contributed by atoms with E-state index in [0.29, 0.717) is 5.69 Å². The molecule has 3 rings (SSSR count). The van der Waals surface area contributed by atoms with Gasteiger partial charge in [-0.05, 0) is 25.1 Å². The quantitative estimate of drug-likeness (QED) is 0.848. The van der Waals surface area contributed by atoms with Crippen LogP contribution in [-0.4, -0.2) is 26.0 Å². The largest absolute Gasteiger partial charge is 0.451 e. The van der Waals surface area contributed by atoms with Crippen LogP contribution in [0.25, 0.3) is 0 Å². The smallest absolute Gasteiger partial charge is 0.273 e. The monoisotopic (exact) mass is 324 g/mol. The number of hydrogen-bond acceptors (Lipinski definition) is 5. The van der Waals surface area contributed by atoms with Crippen LogP contribution in [0.1, 0.15) is 29.3 Å². The lowest BCUT2D eigenvalue weighted by molar-refractivity contribution is -0.145. The molecular formula is C14H11F3N4S. The standard InChI is InChI=1S/C14H11F3N4S/c1-8-11(10-4-6-19-13(21-10)14(15,16)17)22-12(20-8)9-3-2-5-18-7-9/h2-8,11H,1H3. The van der Waals surface area contributed by atoms with Gasteiger partial charge in [-0.1, -0.05) is 11.8 Å². The fraction of sp³-hybridized carbons (Fsp3) is 0.286. The normalized spacial score (nSPS) is 21.7. The Morgan fingerprint density at radius 1 is 1.18 bits per heavy atom. The predicted molar refractivity (Wildman–Crippen MR) is 77.6 cm³/mol. The molecule has 2 unspecified atom stereocenters. The SMILES string of the molecule is CC1N=C(c2cccnc2)SC1c1ccnc(C(F)(F)F)n1. The van der Waals surface area contributed by atoms with Gasteiger partial charge in [0.05, 0.1) is 17.0 Å². The van der Waals surface area contributed by atoms with Gasteiger partial charge < -0.3 is 0 Å². The summed E-state index contributed by atoms with van der Waals surface area (Å²) in [7, 11) is 0. The van der Waals surface area contributed by atoms with Gasteiger partial charge in [-0.15, -0.1) is 0 Å². The minimum Gasteiger partial charge on any atom is -0.273 e. The fourth-order valence-corrected chi connectivity index (χ4v) is 3.34. The maximum absolute atomic E-state index is 12.7. The highest BCUT2D eigenvalue weighted by Crippen LogP contribution is 2.41. The van der Waals surface area contributed by atoms with Crippen molar-refractivity contribution in [2.24, 2.45) is 4.99 Å². The second-order valence-electron chi connectivity index (χ2n) is 4.76.